The van der Waals surface area contributed by atoms with E-state index in [1.54, 1.807) is 4.90 Å². The van der Waals surface area contributed by atoms with Gasteiger partial charge >= 0.3 is 17.9 Å². The Morgan fingerprint density at radius 3 is 2.78 bits per heavy atom. The summed E-state index contributed by atoms with van der Waals surface area (Å²) in [4.78, 5) is 33.8. The lowest BCUT2D eigenvalue weighted by Crippen LogP contribution is -2.41. The predicted octanol–water partition coefficient (Wildman–Crippen LogP) is -0.549. The number of carbonyl (C=O) groups excluding carboxylic acids is 2. The number of hydrogen-bond acceptors (Lipinski definition) is 6. The molecule has 0 bridgehead atoms. The molecule has 0 saturated carbocycles. The molecule has 1 heterocycles. The molecule has 102 valence electrons. The summed E-state index contributed by atoms with van der Waals surface area (Å²) in [5, 5.41) is 8.27. The fourth-order valence-corrected chi connectivity index (χ4v) is 1.25. The van der Waals surface area contributed by atoms with Crippen LogP contribution in [0.25, 0.3) is 0 Å². The van der Waals surface area contributed by atoms with E-state index in [2.05, 4.69) is 0 Å². The highest BCUT2D eigenvalue weighted by Gasteiger charge is 2.17. The fourth-order valence-electron chi connectivity index (χ4n) is 1.25. The molecular formula is C10H14ClNO6. The van der Waals surface area contributed by atoms with Crippen LogP contribution in [0.5, 0.6) is 0 Å². The van der Waals surface area contributed by atoms with Gasteiger partial charge < -0.3 is 14.6 Å². The quantitative estimate of drug-likeness (QED) is 0.533. The first-order valence-electron chi connectivity index (χ1n) is 5.03. The highest BCUT2D eigenvalue weighted by atomic mass is 35.5. The van der Waals surface area contributed by atoms with E-state index in [0.29, 0.717) is 25.8 Å². The number of hydrogen-bond donors (Lipinski definition) is 1. The van der Waals surface area contributed by atoms with Crippen LogP contribution in [-0.2, 0) is 23.9 Å². The summed E-state index contributed by atoms with van der Waals surface area (Å²) in [6, 6.07) is 0. The summed E-state index contributed by atoms with van der Waals surface area (Å²) in [5.74, 6) is -2.22. The van der Waals surface area contributed by atoms with Crippen LogP contribution in [0.2, 0.25) is 0 Å². The van der Waals surface area contributed by atoms with E-state index in [4.69, 9.17) is 14.6 Å². The van der Waals surface area contributed by atoms with Gasteiger partial charge in [0, 0.05) is 25.2 Å². The van der Waals surface area contributed by atoms with Gasteiger partial charge in [0.25, 0.3) is 0 Å². The molecule has 1 aliphatic rings. The molecule has 0 amide bonds. The lowest BCUT2D eigenvalue weighted by atomic mass is 10.4. The Kier molecular flexibility index (Phi) is 7.73. The molecule has 0 aromatic carbocycles. The van der Waals surface area contributed by atoms with Crippen molar-refractivity contribution in [3.63, 3.8) is 0 Å². The van der Waals surface area contributed by atoms with E-state index in [1.165, 1.54) is 0 Å². The van der Waals surface area contributed by atoms with Gasteiger partial charge in [-0.15, -0.1) is 12.4 Å². The molecule has 0 spiro atoms. The van der Waals surface area contributed by atoms with Crippen molar-refractivity contribution >= 4 is 30.3 Å². The molecule has 1 fully saturated rings. The standard InChI is InChI=1S/C10H13NO6.ClH/c12-8(13)1-2-9(14)16-5-3-11-4-6-17-10(15)7-11;/h1-2H,3-7H2,(H,12,13);1H. The zero-order valence-electron chi connectivity index (χ0n) is 9.53. The number of carboxylic acid groups (broad SMARTS) is 1. The number of carboxylic acids is 1. The number of carbonyl (C=O) groups is 3. The average Bonchev–Trinajstić information content (AvgIpc) is 2.26. The van der Waals surface area contributed by atoms with Crippen LogP contribution >= 0.6 is 12.4 Å². The number of rotatable bonds is 5. The molecule has 8 heteroatoms. The van der Waals surface area contributed by atoms with Crippen LogP contribution in [0, 0.1) is 0 Å². The second-order valence-corrected chi connectivity index (χ2v) is 3.34. The lowest BCUT2D eigenvalue weighted by molar-refractivity contribution is -0.151. The van der Waals surface area contributed by atoms with Gasteiger partial charge in [-0.1, -0.05) is 0 Å². The van der Waals surface area contributed by atoms with E-state index >= 15 is 0 Å². The molecule has 0 atom stereocenters. The molecule has 7 nitrogen and oxygen atoms in total. The largest absolute Gasteiger partial charge is 0.478 e. The van der Waals surface area contributed by atoms with Gasteiger partial charge in [0.2, 0.25) is 0 Å². The molecule has 0 radical (unpaired) electrons. The molecule has 1 saturated heterocycles. The van der Waals surface area contributed by atoms with Crippen LogP contribution in [-0.4, -0.2) is 60.8 Å². The van der Waals surface area contributed by atoms with Crippen molar-refractivity contribution in [3.05, 3.63) is 12.2 Å². The van der Waals surface area contributed by atoms with Crippen LogP contribution in [0.3, 0.4) is 0 Å². The molecule has 18 heavy (non-hydrogen) atoms. The first kappa shape index (κ1) is 16.4. The van der Waals surface area contributed by atoms with Gasteiger partial charge in [0.1, 0.15) is 13.2 Å². The van der Waals surface area contributed by atoms with Crippen molar-refractivity contribution in [2.45, 2.75) is 0 Å². The van der Waals surface area contributed by atoms with Crippen molar-refractivity contribution < 1.29 is 29.0 Å². The highest BCUT2D eigenvalue weighted by Crippen LogP contribution is 1.97. The Bertz CT molecular complexity index is 343. The van der Waals surface area contributed by atoms with Gasteiger partial charge in [-0.25, -0.2) is 9.59 Å². The van der Waals surface area contributed by atoms with Crippen molar-refractivity contribution in [2.75, 3.05) is 32.8 Å². The van der Waals surface area contributed by atoms with Crippen LogP contribution in [0.4, 0.5) is 0 Å². The average molecular weight is 280 g/mol. The van der Waals surface area contributed by atoms with Crippen molar-refractivity contribution in [2.24, 2.45) is 0 Å². The number of esters is 2. The van der Waals surface area contributed by atoms with E-state index in [1.807, 2.05) is 0 Å². The third-order valence-electron chi connectivity index (χ3n) is 2.04. The summed E-state index contributed by atoms with van der Waals surface area (Å²) in [7, 11) is 0. The number of cyclic esters (lactones) is 1. The van der Waals surface area contributed by atoms with Gasteiger partial charge in [0.05, 0.1) is 6.54 Å². The lowest BCUT2D eigenvalue weighted by Gasteiger charge is -2.24. The number of halogens is 1. The van der Waals surface area contributed by atoms with Crippen molar-refractivity contribution in [3.8, 4) is 0 Å². The summed E-state index contributed by atoms with van der Waals surface area (Å²) in [6.45, 7) is 1.65. The number of nitrogens with zero attached hydrogens (tertiary/aromatic N) is 1. The number of ether oxygens (including phenoxy) is 2. The Labute approximate surface area is 110 Å². The minimum atomic E-state index is -1.21. The smallest absolute Gasteiger partial charge is 0.331 e. The fraction of sp³-hybridized carbons (Fsp3) is 0.500. The summed E-state index contributed by atoms with van der Waals surface area (Å²) < 4.78 is 9.48. The Morgan fingerprint density at radius 1 is 1.44 bits per heavy atom. The first-order chi connectivity index (χ1) is 8.08. The van der Waals surface area contributed by atoms with Gasteiger partial charge in [-0.2, -0.15) is 0 Å². The number of aliphatic carboxylic acids is 1. The van der Waals surface area contributed by atoms with Crippen molar-refractivity contribution in [1.82, 2.24) is 4.90 Å². The third kappa shape index (κ3) is 6.87. The van der Waals surface area contributed by atoms with E-state index in [9.17, 15) is 14.4 Å². The minimum Gasteiger partial charge on any atom is -0.478 e. The topological polar surface area (TPSA) is 93.1 Å². The van der Waals surface area contributed by atoms with E-state index in [0.717, 1.165) is 6.08 Å². The maximum absolute atomic E-state index is 11.0. The predicted molar refractivity (Wildman–Crippen MR) is 62.4 cm³/mol. The highest BCUT2D eigenvalue weighted by molar-refractivity contribution is 5.90. The second kappa shape index (κ2) is 8.48. The summed E-state index contributed by atoms with van der Waals surface area (Å²) in [6.07, 6.45) is 1.55. The zero-order chi connectivity index (χ0) is 12.7. The minimum absolute atomic E-state index is 0. The molecular weight excluding hydrogens is 266 g/mol. The first-order valence-corrected chi connectivity index (χ1v) is 5.03. The second-order valence-electron chi connectivity index (χ2n) is 3.34. The monoisotopic (exact) mass is 279 g/mol. The van der Waals surface area contributed by atoms with Crippen LogP contribution < -0.4 is 0 Å². The number of morpholine rings is 1. The third-order valence-corrected chi connectivity index (χ3v) is 2.04. The van der Waals surface area contributed by atoms with Gasteiger partial charge in [-0.05, 0) is 0 Å². The van der Waals surface area contributed by atoms with Gasteiger partial charge in [-0.3, -0.25) is 9.69 Å². The van der Waals surface area contributed by atoms with E-state index in [-0.39, 0.29) is 31.5 Å². The van der Waals surface area contributed by atoms with Crippen LogP contribution in [0.15, 0.2) is 12.2 Å². The molecule has 1 aliphatic heterocycles. The molecule has 1 N–H and O–H groups in total. The zero-order valence-corrected chi connectivity index (χ0v) is 10.4. The normalized spacial score (nSPS) is 15.9. The molecule has 0 aromatic rings. The summed E-state index contributed by atoms with van der Waals surface area (Å²) in [5.41, 5.74) is 0. The van der Waals surface area contributed by atoms with Crippen LogP contribution in [0.1, 0.15) is 0 Å². The molecule has 1 rings (SSSR count). The van der Waals surface area contributed by atoms with Gasteiger partial charge in [0.15, 0.2) is 0 Å². The molecule has 0 aromatic heterocycles. The Balaban J connectivity index is 0.00000289. The maximum Gasteiger partial charge on any atom is 0.331 e. The Morgan fingerprint density at radius 2 is 2.17 bits per heavy atom. The van der Waals surface area contributed by atoms with Crippen molar-refractivity contribution in [1.29, 1.82) is 0 Å². The van der Waals surface area contributed by atoms with E-state index < -0.39 is 11.9 Å². The molecule has 0 aliphatic carbocycles. The SMILES string of the molecule is Cl.O=C(O)C=CC(=O)OCCN1CCOC(=O)C1. The maximum atomic E-state index is 11.0. The molecule has 0 unspecified atom stereocenters. The Hall–Kier alpha value is -1.60. The summed E-state index contributed by atoms with van der Waals surface area (Å²) >= 11 is 0.